The Kier molecular flexibility index (Phi) is 4.59. The lowest BCUT2D eigenvalue weighted by Gasteiger charge is -2.24. The third kappa shape index (κ3) is 3.36. The molecular weight excluding hydrogens is 246 g/mol. The number of nitrogens with one attached hydrogen (secondary N) is 1. The van der Waals surface area contributed by atoms with Gasteiger partial charge in [0.05, 0.1) is 19.8 Å². The van der Waals surface area contributed by atoms with Gasteiger partial charge in [0.15, 0.2) is 5.84 Å². The van der Waals surface area contributed by atoms with E-state index in [1.807, 2.05) is 12.1 Å². The standard InChI is InChI=1S/C13H19N3O3/c1-18-12-3-2-9(13(14)16-17)6-10(12)7-11-8-15-4-5-19-11/h2-3,6,11,15,17H,4-5,7-8H2,1H3,(H2,14,16). The van der Waals surface area contributed by atoms with Crippen LogP contribution in [0.2, 0.25) is 0 Å². The molecule has 19 heavy (non-hydrogen) atoms. The maximum atomic E-state index is 8.72. The first-order chi connectivity index (χ1) is 9.24. The maximum absolute atomic E-state index is 8.72. The Balaban J connectivity index is 2.20. The van der Waals surface area contributed by atoms with Crippen LogP contribution in [-0.4, -0.2) is 44.0 Å². The Morgan fingerprint density at radius 3 is 3.11 bits per heavy atom. The van der Waals surface area contributed by atoms with Crippen molar-refractivity contribution in [3.05, 3.63) is 29.3 Å². The van der Waals surface area contributed by atoms with Gasteiger partial charge in [0.25, 0.3) is 0 Å². The minimum atomic E-state index is 0.0894. The lowest BCUT2D eigenvalue weighted by Crippen LogP contribution is -2.39. The van der Waals surface area contributed by atoms with E-state index in [0.717, 1.165) is 30.8 Å². The van der Waals surface area contributed by atoms with E-state index < -0.39 is 0 Å². The van der Waals surface area contributed by atoms with Crippen molar-refractivity contribution in [2.75, 3.05) is 26.8 Å². The number of hydrogen-bond acceptors (Lipinski definition) is 5. The Labute approximate surface area is 112 Å². The summed E-state index contributed by atoms with van der Waals surface area (Å²) in [5.41, 5.74) is 7.26. The number of morpholine rings is 1. The summed E-state index contributed by atoms with van der Waals surface area (Å²) >= 11 is 0. The van der Waals surface area contributed by atoms with Gasteiger partial charge in [-0.15, -0.1) is 0 Å². The molecule has 1 heterocycles. The summed E-state index contributed by atoms with van der Waals surface area (Å²) in [7, 11) is 1.63. The molecule has 6 nitrogen and oxygen atoms in total. The van der Waals surface area contributed by atoms with Crippen LogP contribution in [0.5, 0.6) is 5.75 Å². The molecule has 1 aliphatic rings. The van der Waals surface area contributed by atoms with Gasteiger partial charge in [-0.25, -0.2) is 0 Å². The zero-order chi connectivity index (χ0) is 13.7. The van der Waals surface area contributed by atoms with Gasteiger partial charge in [0, 0.05) is 25.1 Å². The third-order valence-corrected chi connectivity index (χ3v) is 3.14. The van der Waals surface area contributed by atoms with Crippen LogP contribution >= 0.6 is 0 Å². The van der Waals surface area contributed by atoms with Crippen molar-refractivity contribution in [3.63, 3.8) is 0 Å². The highest BCUT2D eigenvalue weighted by atomic mass is 16.5. The number of amidine groups is 1. The quantitative estimate of drug-likeness (QED) is 0.316. The van der Waals surface area contributed by atoms with Crippen molar-refractivity contribution in [1.29, 1.82) is 0 Å². The summed E-state index contributed by atoms with van der Waals surface area (Å²) in [6.45, 7) is 2.42. The molecule has 1 aromatic carbocycles. The summed E-state index contributed by atoms with van der Waals surface area (Å²) in [4.78, 5) is 0. The molecule has 104 valence electrons. The molecule has 1 saturated heterocycles. The van der Waals surface area contributed by atoms with E-state index in [4.69, 9.17) is 20.4 Å². The van der Waals surface area contributed by atoms with Gasteiger partial charge >= 0.3 is 0 Å². The number of nitrogens with zero attached hydrogens (tertiary/aromatic N) is 1. The molecule has 6 heteroatoms. The van der Waals surface area contributed by atoms with Crippen molar-refractivity contribution in [1.82, 2.24) is 5.32 Å². The molecule has 0 saturated carbocycles. The van der Waals surface area contributed by atoms with Gasteiger partial charge in [-0.3, -0.25) is 0 Å². The van der Waals surface area contributed by atoms with Crippen molar-refractivity contribution in [3.8, 4) is 5.75 Å². The number of oxime groups is 1. The molecule has 1 atom stereocenters. The molecule has 2 rings (SSSR count). The molecule has 0 spiro atoms. The third-order valence-electron chi connectivity index (χ3n) is 3.14. The zero-order valence-corrected chi connectivity index (χ0v) is 10.9. The van der Waals surface area contributed by atoms with E-state index in [0.29, 0.717) is 12.2 Å². The minimum Gasteiger partial charge on any atom is -0.496 e. The van der Waals surface area contributed by atoms with Crippen LogP contribution in [0.4, 0.5) is 0 Å². The molecule has 1 fully saturated rings. The second kappa shape index (κ2) is 6.40. The zero-order valence-electron chi connectivity index (χ0n) is 10.9. The molecule has 0 aliphatic carbocycles. The van der Waals surface area contributed by atoms with E-state index in [-0.39, 0.29) is 11.9 Å². The molecule has 0 radical (unpaired) electrons. The Bertz CT molecular complexity index is 456. The van der Waals surface area contributed by atoms with Crippen LogP contribution in [0.25, 0.3) is 0 Å². The normalized spacial score (nSPS) is 20.3. The molecular formula is C13H19N3O3. The average molecular weight is 265 g/mol. The molecule has 1 unspecified atom stereocenters. The molecule has 0 bridgehead atoms. The van der Waals surface area contributed by atoms with Gasteiger partial charge in [-0.05, 0) is 23.8 Å². The lowest BCUT2D eigenvalue weighted by atomic mass is 10.0. The van der Waals surface area contributed by atoms with Gasteiger partial charge in [0.2, 0.25) is 0 Å². The number of hydrogen-bond donors (Lipinski definition) is 3. The molecule has 0 amide bonds. The monoisotopic (exact) mass is 265 g/mol. The highest BCUT2D eigenvalue weighted by Crippen LogP contribution is 2.22. The van der Waals surface area contributed by atoms with Crippen molar-refractivity contribution < 1.29 is 14.7 Å². The fraction of sp³-hybridized carbons (Fsp3) is 0.462. The second-order valence-electron chi connectivity index (χ2n) is 4.41. The first kappa shape index (κ1) is 13.6. The van der Waals surface area contributed by atoms with Crippen LogP contribution in [0, 0.1) is 0 Å². The topological polar surface area (TPSA) is 89.1 Å². The van der Waals surface area contributed by atoms with Crippen LogP contribution in [0.1, 0.15) is 11.1 Å². The lowest BCUT2D eigenvalue weighted by molar-refractivity contribution is 0.0289. The first-order valence-electron chi connectivity index (χ1n) is 6.21. The highest BCUT2D eigenvalue weighted by molar-refractivity contribution is 5.97. The van der Waals surface area contributed by atoms with Crippen LogP contribution in [0.3, 0.4) is 0 Å². The molecule has 0 aromatic heterocycles. The van der Waals surface area contributed by atoms with Crippen LogP contribution in [-0.2, 0) is 11.2 Å². The number of ether oxygens (including phenoxy) is 2. The molecule has 1 aromatic rings. The van der Waals surface area contributed by atoms with Crippen LogP contribution < -0.4 is 15.8 Å². The Hall–Kier alpha value is -1.79. The van der Waals surface area contributed by atoms with E-state index in [9.17, 15) is 0 Å². The summed E-state index contributed by atoms with van der Waals surface area (Å²) in [5, 5.41) is 15.0. The molecule has 4 N–H and O–H groups in total. The number of benzene rings is 1. The number of rotatable bonds is 4. The fourth-order valence-corrected chi connectivity index (χ4v) is 2.15. The van der Waals surface area contributed by atoms with Crippen LogP contribution in [0.15, 0.2) is 23.4 Å². The van der Waals surface area contributed by atoms with Crippen molar-refractivity contribution in [2.24, 2.45) is 10.9 Å². The van der Waals surface area contributed by atoms with Gasteiger partial charge in [0.1, 0.15) is 5.75 Å². The fourth-order valence-electron chi connectivity index (χ4n) is 2.15. The van der Waals surface area contributed by atoms with Gasteiger partial charge in [-0.1, -0.05) is 5.16 Å². The minimum absolute atomic E-state index is 0.0894. The maximum Gasteiger partial charge on any atom is 0.170 e. The molecule has 1 aliphatic heterocycles. The Morgan fingerprint density at radius 2 is 2.47 bits per heavy atom. The highest BCUT2D eigenvalue weighted by Gasteiger charge is 2.17. The summed E-state index contributed by atoms with van der Waals surface area (Å²) in [6, 6.07) is 5.45. The first-order valence-corrected chi connectivity index (χ1v) is 6.21. The van der Waals surface area contributed by atoms with E-state index in [2.05, 4.69) is 10.5 Å². The van der Waals surface area contributed by atoms with E-state index in [1.54, 1.807) is 13.2 Å². The van der Waals surface area contributed by atoms with Gasteiger partial charge < -0.3 is 25.7 Å². The number of nitrogens with two attached hydrogens (primary N) is 1. The Morgan fingerprint density at radius 1 is 1.63 bits per heavy atom. The predicted octanol–water partition coefficient (Wildman–Crippen LogP) is 0.321. The second-order valence-corrected chi connectivity index (χ2v) is 4.41. The van der Waals surface area contributed by atoms with E-state index >= 15 is 0 Å². The van der Waals surface area contributed by atoms with Gasteiger partial charge in [-0.2, -0.15) is 0 Å². The average Bonchev–Trinajstić information content (AvgIpc) is 2.47. The van der Waals surface area contributed by atoms with Crippen molar-refractivity contribution >= 4 is 5.84 Å². The smallest absolute Gasteiger partial charge is 0.170 e. The summed E-state index contributed by atoms with van der Waals surface area (Å²) < 4.78 is 11.0. The summed E-state index contributed by atoms with van der Waals surface area (Å²) in [6.07, 6.45) is 0.841. The van der Waals surface area contributed by atoms with E-state index in [1.165, 1.54) is 0 Å². The summed E-state index contributed by atoms with van der Waals surface area (Å²) in [5.74, 6) is 0.871. The predicted molar refractivity (Wildman–Crippen MR) is 71.8 cm³/mol. The van der Waals surface area contributed by atoms with Crippen molar-refractivity contribution in [2.45, 2.75) is 12.5 Å². The largest absolute Gasteiger partial charge is 0.496 e. The number of methoxy groups -OCH3 is 1. The SMILES string of the molecule is COc1ccc(C(N)=NO)cc1CC1CNCCO1.